The lowest BCUT2D eigenvalue weighted by atomic mass is 10.0. The van der Waals surface area contributed by atoms with Crippen LogP contribution >= 0.6 is 12.2 Å². The first-order valence-electron chi connectivity index (χ1n) is 11.3. The minimum atomic E-state index is -0.397. The van der Waals surface area contributed by atoms with E-state index in [0.717, 1.165) is 42.6 Å². The predicted molar refractivity (Wildman–Crippen MR) is 127 cm³/mol. The number of methoxy groups -OCH3 is 1. The molecule has 0 bridgehead atoms. The van der Waals surface area contributed by atoms with Crippen LogP contribution in [0.25, 0.3) is 10.9 Å². The van der Waals surface area contributed by atoms with Crippen LogP contribution in [0.5, 0.6) is 5.75 Å². The van der Waals surface area contributed by atoms with Crippen molar-refractivity contribution in [1.29, 1.82) is 0 Å². The smallest absolute Gasteiger partial charge is 0.356 e. The number of carbonyl (C=O) groups is 1. The number of nitrogens with one attached hydrogen (secondary N) is 2. The highest BCUT2D eigenvalue weighted by molar-refractivity contribution is 7.80. The number of anilines is 1. The molecule has 2 aliphatic rings. The van der Waals surface area contributed by atoms with Crippen LogP contribution in [0.1, 0.15) is 49.5 Å². The molecule has 0 amide bonds. The number of carbonyl (C=O) groups excluding carboxylic acids is 1. The maximum Gasteiger partial charge on any atom is 0.356 e. The number of ether oxygens (including phenoxy) is 2. The molecule has 31 heavy (non-hydrogen) atoms. The van der Waals surface area contributed by atoms with Gasteiger partial charge in [-0.3, -0.25) is 0 Å². The first-order valence-corrected chi connectivity index (χ1v) is 11.7. The van der Waals surface area contributed by atoms with Crippen LogP contribution in [0, 0.1) is 0 Å². The fraction of sp³-hybridized carbons (Fsp3) is 0.565. The van der Waals surface area contributed by atoms with Crippen LogP contribution in [0.2, 0.25) is 0 Å². The summed E-state index contributed by atoms with van der Waals surface area (Å²) in [6.07, 6.45) is 6.24. The Morgan fingerprint density at radius 3 is 2.61 bits per heavy atom. The van der Waals surface area contributed by atoms with Crippen molar-refractivity contribution in [1.82, 2.24) is 14.8 Å². The van der Waals surface area contributed by atoms with E-state index in [1.807, 2.05) is 18.2 Å². The van der Waals surface area contributed by atoms with E-state index >= 15 is 0 Å². The molecular weight excluding hydrogens is 412 g/mol. The molecule has 2 N–H and O–H groups in total. The molecule has 7 nitrogen and oxygen atoms in total. The van der Waals surface area contributed by atoms with E-state index in [2.05, 4.69) is 20.1 Å². The Kier molecular flexibility index (Phi) is 6.97. The topological polar surface area (TPSA) is 69.8 Å². The Morgan fingerprint density at radius 1 is 1.19 bits per heavy atom. The van der Waals surface area contributed by atoms with Crippen LogP contribution in [0.15, 0.2) is 18.2 Å². The second-order valence-electron chi connectivity index (χ2n) is 8.25. The number of H-pyrrole nitrogens is 1. The van der Waals surface area contributed by atoms with Crippen molar-refractivity contribution in [3.05, 3.63) is 23.9 Å². The van der Waals surface area contributed by atoms with Gasteiger partial charge in [0.25, 0.3) is 0 Å². The van der Waals surface area contributed by atoms with E-state index in [9.17, 15) is 4.79 Å². The summed E-state index contributed by atoms with van der Waals surface area (Å²) in [4.78, 5) is 20.6. The van der Waals surface area contributed by atoms with Gasteiger partial charge < -0.3 is 29.6 Å². The molecule has 2 fully saturated rings. The zero-order valence-electron chi connectivity index (χ0n) is 18.4. The van der Waals surface area contributed by atoms with Gasteiger partial charge in [-0.2, -0.15) is 0 Å². The standard InChI is InChI=1S/C23H32N4O3S/c1-3-30-22(28)21-20(18-15-17(29-2)7-8-19(18)24-21)25-23(31)27-13-9-16(10-14-27)26-11-5-4-6-12-26/h7-8,15-16,24H,3-6,9-14H2,1-2H3,(H,25,31). The first kappa shape index (κ1) is 21.9. The molecule has 2 saturated heterocycles. The lowest BCUT2D eigenvalue weighted by Crippen LogP contribution is -2.49. The first-order chi connectivity index (χ1) is 15.1. The van der Waals surface area contributed by atoms with Crippen LogP contribution < -0.4 is 10.1 Å². The molecule has 1 aromatic heterocycles. The van der Waals surface area contributed by atoms with E-state index < -0.39 is 5.97 Å². The molecule has 0 spiro atoms. The third-order valence-electron chi connectivity index (χ3n) is 6.38. The molecule has 0 radical (unpaired) electrons. The van der Waals surface area contributed by atoms with Crippen molar-refractivity contribution in [2.24, 2.45) is 0 Å². The molecule has 168 valence electrons. The minimum Gasteiger partial charge on any atom is -0.497 e. The molecular formula is C23H32N4O3S. The number of likely N-dealkylation sites (tertiary alicyclic amines) is 2. The average Bonchev–Trinajstić information content (AvgIpc) is 3.17. The maximum absolute atomic E-state index is 12.6. The van der Waals surface area contributed by atoms with Gasteiger partial charge in [-0.25, -0.2) is 4.79 Å². The predicted octanol–water partition coefficient (Wildman–Crippen LogP) is 4.00. The molecule has 2 aromatic rings. The van der Waals surface area contributed by atoms with Crippen LogP contribution in [-0.4, -0.2) is 71.8 Å². The third-order valence-corrected chi connectivity index (χ3v) is 6.74. The van der Waals surface area contributed by atoms with Crippen LogP contribution in [0.4, 0.5) is 5.69 Å². The Labute approximate surface area is 189 Å². The number of hydrogen-bond acceptors (Lipinski definition) is 5. The zero-order valence-corrected chi connectivity index (χ0v) is 19.2. The van der Waals surface area contributed by atoms with Gasteiger partial charge in [-0.05, 0) is 76.1 Å². The quantitative estimate of drug-likeness (QED) is 0.534. The normalized spacial score (nSPS) is 18.2. The van der Waals surface area contributed by atoms with Gasteiger partial charge in [0.2, 0.25) is 0 Å². The second-order valence-corrected chi connectivity index (χ2v) is 8.64. The number of aromatic amines is 1. The highest BCUT2D eigenvalue weighted by atomic mass is 32.1. The van der Waals surface area contributed by atoms with Crippen LogP contribution in [0.3, 0.4) is 0 Å². The van der Waals surface area contributed by atoms with Gasteiger partial charge in [0.15, 0.2) is 5.11 Å². The number of aromatic nitrogens is 1. The minimum absolute atomic E-state index is 0.311. The molecule has 1 aromatic carbocycles. The Balaban J connectivity index is 1.49. The summed E-state index contributed by atoms with van der Waals surface area (Å²) in [6, 6.07) is 6.32. The number of rotatable bonds is 5. The average molecular weight is 445 g/mol. The van der Waals surface area contributed by atoms with Crippen molar-refractivity contribution in [3.8, 4) is 5.75 Å². The van der Waals surface area contributed by atoms with Crippen molar-refractivity contribution in [2.75, 3.05) is 45.2 Å². The number of nitrogens with zero attached hydrogens (tertiary/aromatic N) is 2. The Hall–Kier alpha value is -2.32. The molecule has 0 saturated carbocycles. The van der Waals surface area contributed by atoms with Crippen molar-refractivity contribution >= 4 is 39.9 Å². The number of piperidine rings is 2. The summed E-state index contributed by atoms with van der Waals surface area (Å²) in [6.45, 7) is 6.42. The lowest BCUT2D eigenvalue weighted by molar-refractivity contribution is 0.0522. The van der Waals surface area contributed by atoms with E-state index in [4.69, 9.17) is 21.7 Å². The van der Waals surface area contributed by atoms with Gasteiger partial charge in [0, 0.05) is 30.0 Å². The maximum atomic E-state index is 12.6. The lowest BCUT2D eigenvalue weighted by Gasteiger charge is -2.41. The largest absolute Gasteiger partial charge is 0.497 e. The summed E-state index contributed by atoms with van der Waals surface area (Å²) in [7, 11) is 1.63. The van der Waals surface area contributed by atoms with Gasteiger partial charge >= 0.3 is 5.97 Å². The highest BCUT2D eigenvalue weighted by Gasteiger charge is 2.28. The second kappa shape index (κ2) is 9.87. The summed E-state index contributed by atoms with van der Waals surface area (Å²) in [5, 5.41) is 4.84. The monoisotopic (exact) mass is 444 g/mol. The van der Waals surface area contributed by atoms with E-state index in [0.29, 0.717) is 29.1 Å². The molecule has 3 heterocycles. The van der Waals surface area contributed by atoms with Crippen LogP contribution in [-0.2, 0) is 4.74 Å². The fourth-order valence-corrected chi connectivity index (χ4v) is 4.97. The third kappa shape index (κ3) is 4.80. The SMILES string of the molecule is CCOC(=O)c1[nH]c2ccc(OC)cc2c1NC(=S)N1CCC(N2CCCCC2)CC1. The van der Waals surface area contributed by atoms with Crippen molar-refractivity contribution in [3.63, 3.8) is 0 Å². The fourth-order valence-electron chi connectivity index (χ4n) is 4.69. The Bertz CT molecular complexity index is 930. The summed E-state index contributed by atoms with van der Waals surface area (Å²) in [5.41, 5.74) is 1.86. The zero-order chi connectivity index (χ0) is 21.8. The number of esters is 1. The molecule has 0 aliphatic carbocycles. The summed E-state index contributed by atoms with van der Waals surface area (Å²) in [5.74, 6) is 0.324. The highest BCUT2D eigenvalue weighted by Crippen LogP contribution is 2.32. The van der Waals surface area contributed by atoms with Gasteiger partial charge in [0.1, 0.15) is 11.4 Å². The van der Waals surface area contributed by atoms with E-state index in [-0.39, 0.29) is 0 Å². The van der Waals surface area contributed by atoms with Crippen molar-refractivity contribution in [2.45, 2.75) is 45.1 Å². The molecule has 0 unspecified atom stereocenters. The number of benzene rings is 1. The summed E-state index contributed by atoms with van der Waals surface area (Å²) >= 11 is 5.76. The molecule has 0 atom stereocenters. The molecule has 2 aliphatic heterocycles. The van der Waals surface area contributed by atoms with Crippen molar-refractivity contribution < 1.29 is 14.3 Å². The molecule has 8 heteroatoms. The van der Waals surface area contributed by atoms with E-state index in [1.54, 1.807) is 14.0 Å². The number of fused-ring (bicyclic) bond motifs is 1. The van der Waals surface area contributed by atoms with Gasteiger partial charge in [0.05, 0.1) is 19.4 Å². The Morgan fingerprint density at radius 2 is 1.94 bits per heavy atom. The van der Waals surface area contributed by atoms with Gasteiger partial charge in [-0.1, -0.05) is 6.42 Å². The molecule has 4 rings (SSSR count). The summed E-state index contributed by atoms with van der Waals surface area (Å²) < 4.78 is 10.6. The number of thiocarbonyl (C=S) groups is 1. The van der Waals surface area contributed by atoms with E-state index in [1.165, 1.54) is 32.4 Å². The number of hydrogen-bond donors (Lipinski definition) is 2. The van der Waals surface area contributed by atoms with Gasteiger partial charge in [-0.15, -0.1) is 0 Å².